The standard InChI is InChI=1S/C11H18N4O/c1-8(2)14-11(16)4-5-12-10-6-9(3)7-13-15-10/h6-8H,4-5H2,1-3H3,(H,12,15)(H,14,16). The normalized spacial score (nSPS) is 10.2. The maximum atomic E-state index is 11.3. The quantitative estimate of drug-likeness (QED) is 0.783. The predicted molar refractivity (Wildman–Crippen MR) is 63.2 cm³/mol. The van der Waals surface area contributed by atoms with Crippen molar-refractivity contribution in [2.75, 3.05) is 11.9 Å². The van der Waals surface area contributed by atoms with Gasteiger partial charge in [0.15, 0.2) is 0 Å². The largest absolute Gasteiger partial charge is 0.368 e. The number of amides is 1. The molecular formula is C11H18N4O. The van der Waals surface area contributed by atoms with Crippen molar-refractivity contribution in [2.45, 2.75) is 33.2 Å². The van der Waals surface area contributed by atoms with Gasteiger partial charge in [-0.25, -0.2) is 0 Å². The Morgan fingerprint density at radius 3 is 2.88 bits per heavy atom. The second-order valence-corrected chi connectivity index (χ2v) is 4.02. The van der Waals surface area contributed by atoms with Crippen LogP contribution < -0.4 is 10.6 Å². The molecule has 0 radical (unpaired) electrons. The summed E-state index contributed by atoms with van der Waals surface area (Å²) in [5.41, 5.74) is 1.05. The van der Waals surface area contributed by atoms with E-state index >= 15 is 0 Å². The fourth-order valence-electron chi connectivity index (χ4n) is 1.25. The third-order valence-corrected chi connectivity index (χ3v) is 1.90. The van der Waals surface area contributed by atoms with Gasteiger partial charge in [0.25, 0.3) is 0 Å². The lowest BCUT2D eigenvalue weighted by Crippen LogP contribution is -2.31. The minimum atomic E-state index is 0.0445. The van der Waals surface area contributed by atoms with Gasteiger partial charge in [0, 0.05) is 19.0 Å². The van der Waals surface area contributed by atoms with Crippen molar-refractivity contribution < 1.29 is 4.79 Å². The molecule has 5 nitrogen and oxygen atoms in total. The number of nitrogens with zero attached hydrogens (tertiary/aromatic N) is 2. The minimum Gasteiger partial charge on any atom is -0.368 e. The van der Waals surface area contributed by atoms with Crippen molar-refractivity contribution in [3.05, 3.63) is 17.8 Å². The molecule has 16 heavy (non-hydrogen) atoms. The molecule has 0 unspecified atom stereocenters. The Morgan fingerprint density at radius 1 is 1.50 bits per heavy atom. The number of carbonyl (C=O) groups is 1. The maximum Gasteiger partial charge on any atom is 0.221 e. The average molecular weight is 222 g/mol. The van der Waals surface area contributed by atoms with Crippen LogP contribution in [0, 0.1) is 6.92 Å². The van der Waals surface area contributed by atoms with Gasteiger partial charge in [0.05, 0.1) is 6.20 Å². The number of nitrogens with one attached hydrogen (secondary N) is 2. The molecule has 0 atom stereocenters. The monoisotopic (exact) mass is 222 g/mol. The van der Waals surface area contributed by atoms with Gasteiger partial charge in [-0.2, -0.15) is 5.10 Å². The fourth-order valence-corrected chi connectivity index (χ4v) is 1.25. The van der Waals surface area contributed by atoms with Gasteiger partial charge in [-0.3, -0.25) is 4.79 Å². The molecule has 2 N–H and O–H groups in total. The summed E-state index contributed by atoms with van der Waals surface area (Å²) in [7, 11) is 0. The first-order valence-electron chi connectivity index (χ1n) is 5.40. The molecule has 0 aromatic carbocycles. The van der Waals surface area contributed by atoms with E-state index in [1.54, 1.807) is 6.20 Å². The summed E-state index contributed by atoms with van der Waals surface area (Å²) >= 11 is 0. The topological polar surface area (TPSA) is 66.9 Å². The molecule has 0 saturated carbocycles. The number of aromatic nitrogens is 2. The highest BCUT2D eigenvalue weighted by atomic mass is 16.1. The minimum absolute atomic E-state index is 0.0445. The van der Waals surface area contributed by atoms with Crippen LogP contribution in [0.2, 0.25) is 0 Å². The summed E-state index contributed by atoms with van der Waals surface area (Å²) in [4.78, 5) is 11.3. The molecule has 1 aromatic rings. The molecule has 0 fully saturated rings. The first kappa shape index (κ1) is 12.4. The molecule has 0 spiro atoms. The highest BCUT2D eigenvalue weighted by Gasteiger charge is 2.02. The van der Waals surface area contributed by atoms with E-state index in [1.165, 1.54) is 0 Å². The SMILES string of the molecule is Cc1cnnc(NCCC(=O)NC(C)C)c1. The molecule has 1 rings (SSSR count). The van der Waals surface area contributed by atoms with Crippen LogP contribution in [0.1, 0.15) is 25.8 Å². The number of anilines is 1. The Balaban J connectivity index is 2.28. The number of hydrogen-bond donors (Lipinski definition) is 2. The molecule has 1 aromatic heterocycles. The van der Waals surface area contributed by atoms with E-state index in [1.807, 2.05) is 26.8 Å². The second kappa shape index (κ2) is 6.05. The molecule has 0 aliphatic rings. The summed E-state index contributed by atoms with van der Waals surface area (Å²) in [6, 6.07) is 2.08. The second-order valence-electron chi connectivity index (χ2n) is 4.02. The molecule has 1 amide bonds. The summed E-state index contributed by atoms with van der Waals surface area (Å²) in [5.74, 6) is 0.750. The Bertz CT molecular complexity index is 352. The summed E-state index contributed by atoms with van der Waals surface area (Å²) in [6.07, 6.45) is 2.13. The van der Waals surface area contributed by atoms with Crippen LogP contribution in [0.25, 0.3) is 0 Å². The van der Waals surface area contributed by atoms with E-state index in [9.17, 15) is 4.79 Å². The molecular weight excluding hydrogens is 204 g/mol. The number of rotatable bonds is 5. The molecule has 0 aliphatic heterocycles. The van der Waals surface area contributed by atoms with Crippen LogP contribution in [0.3, 0.4) is 0 Å². The van der Waals surface area contributed by atoms with Gasteiger partial charge in [-0.15, -0.1) is 5.10 Å². The predicted octanol–water partition coefficient (Wildman–Crippen LogP) is 1.11. The van der Waals surface area contributed by atoms with Gasteiger partial charge in [0.2, 0.25) is 5.91 Å². The third-order valence-electron chi connectivity index (χ3n) is 1.90. The Labute approximate surface area is 95.7 Å². The zero-order valence-corrected chi connectivity index (χ0v) is 9.95. The summed E-state index contributed by atoms with van der Waals surface area (Å²) in [5, 5.41) is 13.6. The smallest absolute Gasteiger partial charge is 0.221 e. The number of aryl methyl sites for hydroxylation is 1. The van der Waals surface area contributed by atoms with Gasteiger partial charge in [-0.1, -0.05) is 0 Å². The lowest BCUT2D eigenvalue weighted by Gasteiger charge is -2.08. The lowest BCUT2D eigenvalue weighted by molar-refractivity contribution is -0.121. The first-order chi connectivity index (χ1) is 7.58. The highest BCUT2D eigenvalue weighted by molar-refractivity contribution is 5.76. The molecule has 0 bridgehead atoms. The first-order valence-corrected chi connectivity index (χ1v) is 5.40. The maximum absolute atomic E-state index is 11.3. The van der Waals surface area contributed by atoms with E-state index in [0.717, 1.165) is 5.56 Å². The van der Waals surface area contributed by atoms with Crippen LogP contribution in [0.4, 0.5) is 5.82 Å². The molecule has 0 aliphatic carbocycles. The van der Waals surface area contributed by atoms with E-state index in [4.69, 9.17) is 0 Å². The highest BCUT2D eigenvalue weighted by Crippen LogP contribution is 2.02. The van der Waals surface area contributed by atoms with Crippen molar-refractivity contribution in [3.63, 3.8) is 0 Å². The lowest BCUT2D eigenvalue weighted by atomic mass is 10.3. The third kappa shape index (κ3) is 4.72. The summed E-state index contributed by atoms with van der Waals surface area (Å²) < 4.78 is 0. The van der Waals surface area contributed by atoms with Crippen LogP contribution in [0.15, 0.2) is 12.3 Å². The van der Waals surface area contributed by atoms with E-state index in [2.05, 4.69) is 20.8 Å². The molecule has 5 heteroatoms. The van der Waals surface area contributed by atoms with Crippen molar-refractivity contribution in [3.8, 4) is 0 Å². The van der Waals surface area contributed by atoms with E-state index < -0.39 is 0 Å². The van der Waals surface area contributed by atoms with Gasteiger partial charge in [0.1, 0.15) is 5.82 Å². The van der Waals surface area contributed by atoms with Gasteiger partial charge < -0.3 is 10.6 Å². The van der Waals surface area contributed by atoms with Crippen LogP contribution in [-0.2, 0) is 4.79 Å². The van der Waals surface area contributed by atoms with Gasteiger partial charge in [-0.05, 0) is 32.4 Å². The van der Waals surface area contributed by atoms with Crippen molar-refractivity contribution in [1.29, 1.82) is 0 Å². The van der Waals surface area contributed by atoms with Gasteiger partial charge >= 0.3 is 0 Å². The van der Waals surface area contributed by atoms with Crippen LogP contribution in [-0.4, -0.2) is 28.7 Å². The average Bonchev–Trinajstić information content (AvgIpc) is 2.16. The van der Waals surface area contributed by atoms with Crippen molar-refractivity contribution in [2.24, 2.45) is 0 Å². The molecule has 88 valence electrons. The van der Waals surface area contributed by atoms with Crippen LogP contribution >= 0.6 is 0 Å². The number of hydrogen-bond acceptors (Lipinski definition) is 4. The Kier molecular flexibility index (Phi) is 4.69. The Morgan fingerprint density at radius 2 is 2.25 bits per heavy atom. The van der Waals surface area contributed by atoms with Crippen LogP contribution in [0.5, 0.6) is 0 Å². The van der Waals surface area contributed by atoms with Crippen molar-refractivity contribution >= 4 is 11.7 Å². The molecule has 1 heterocycles. The number of carbonyl (C=O) groups excluding carboxylic acids is 1. The molecule has 0 saturated heterocycles. The zero-order valence-electron chi connectivity index (χ0n) is 9.95. The summed E-state index contributed by atoms with van der Waals surface area (Å²) in [6.45, 7) is 6.40. The zero-order chi connectivity index (χ0) is 12.0. The Hall–Kier alpha value is -1.65. The van der Waals surface area contributed by atoms with E-state index in [0.29, 0.717) is 18.8 Å². The van der Waals surface area contributed by atoms with Crippen molar-refractivity contribution in [1.82, 2.24) is 15.5 Å². The fraction of sp³-hybridized carbons (Fsp3) is 0.545. The van der Waals surface area contributed by atoms with E-state index in [-0.39, 0.29) is 11.9 Å².